The maximum Gasteiger partial charge on any atom is 0.119 e. The maximum atomic E-state index is 9.83. The summed E-state index contributed by atoms with van der Waals surface area (Å²) in [5.74, 6) is 0.741. The summed E-state index contributed by atoms with van der Waals surface area (Å²) in [6, 6.07) is 7.12. The van der Waals surface area contributed by atoms with Crippen molar-refractivity contribution in [2.45, 2.75) is 25.5 Å². The first-order chi connectivity index (χ1) is 6.69. The molecule has 1 aromatic carbocycles. The molecule has 0 aliphatic carbocycles. The van der Waals surface area contributed by atoms with Crippen LogP contribution in [0.5, 0.6) is 5.75 Å². The number of ether oxygens (including phenoxy) is 1. The number of rotatable bonds is 4. The molecule has 15 heavy (non-hydrogen) atoms. The fourth-order valence-corrected chi connectivity index (χ4v) is 1.30. The fourth-order valence-electron chi connectivity index (χ4n) is 1.30. The number of benzene rings is 1. The number of hydrogen-bond donors (Lipinski definition) is 2. The summed E-state index contributed by atoms with van der Waals surface area (Å²) >= 11 is 0. The van der Waals surface area contributed by atoms with E-state index in [0.29, 0.717) is 0 Å². The highest BCUT2D eigenvalue weighted by atomic mass is 35.5. The summed E-state index contributed by atoms with van der Waals surface area (Å²) in [7, 11) is 1.60. The number of methoxy groups -OCH3 is 1. The van der Waals surface area contributed by atoms with Crippen molar-refractivity contribution in [3.63, 3.8) is 0 Å². The zero-order chi connectivity index (χ0) is 10.6. The van der Waals surface area contributed by atoms with Gasteiger partial charge >= 0.3 is 0 Å². The van der Waals surface area contributed by atoms with Crippen LogP contribution in [0, 0.1) is 0 Å². The molecule has 3 N–H and O–H groups in total. The number of hydrogen-bond acceptors (Lipinski definition) is 3. The van der Waals surface area contributed by atoms with Gasteiger partial charge in [-0.3, -0.25) is 0 Å². The molecule has 1 aromatic rings. The van der Waals surface area contributed by atoms with Gasteiger partial charge in [0.2, 0.25) is 0 Å². The summed E-state index contributed by atoms with van der Waals surface area (Å²) in [5, 5.41) is 9.83. The Morgan fingerprint density at radius 2 is 2.13 bits per heavy atom. The molecule has 0 saturated carbocycles. The molecule has 0 radical (unpaired) electrons. The van der Waals surface area contributed by atoms with Gasteiger partial charge in [-0.05, 0) is 24.1 Å². The van der Waals surface area contributed by atoms with Crippen molar-refractivity contribution in [1.82, 2.24) is 0 Å². The van der Waals surface area contributed by atoms with Crippen molar-refractivity contribution in [1.29, 1.82) is 0 Å². The van der Waals surface area contributed by atoms with Crippen LogP contribution in [0.4, 0.5) is 0 Å². The highest BCUT2D eigenvalue weighted by Crippen LogP contribution is 2.21. The number of halogens is 1. The minimum atomic E-state index is -0.616. The van der Waals surface area contributed by atoms with Gasteiger partial charge in [-0.15, -0.1) is 12.4 Å². The van der Waals surface area contributed by atoms with E-state index in [1.165, 1.54) is 0 Å². The molecule has 2 atom stereocenters. The van der Waals surface area contributed by atoms with Crippen molar-refractivity contribution >= 4 is 12.4 Å². The SMILES string of the molecule is CC[C@H](N)[C@H](O)c1cccc(OC)c1.Cl. The van der Waals surface area contributed by atoms with Gasteiger partial charge in [0.05, 0.1) is 13.2 Å². The molecular weight excluding hydrogens is 214 g/mol. The van der Waals surface area contributed by atoms with Crippen molar-refractivity contribution in [2.75, 3.05) is 7.11 Å². The zero-order valence-electron chi connectivity index (χ0n) is 9.01. The summed E-state index contributed by atoms with van der Waals surface area (Å²) < 4.78 is 5.07. The van der Waals surface area contributed by atoms with Crippen LogP contribution >= 0.6 is 12.4 Å². The van der Waals surface area contributed by atoms with Crippen molar-refractivity contribution in [3.8, 4) is 5.75 Å². The van der Waals surface area contributed by atoms with Gasteiger partial charge in [0.15, 0.2) is 0 Å². The Bertz CT molecular complexity index is 294. The van der Waals surface area contributed by atoms with Crippen LogP contribution in [0.2, 0.25) is 0 Å². The first kappa shape index (κ1) is 14.2. The average molecular weight is 232 g/mol. The van der Waals surface area contributed by atoms with E-state index in [1.807, 2.05) is 25.1 Å². The molecule has 0 unspecified atom stereocenters. The van der Waals surface area contributed by atoms with Gasteiger partial charge in [-0.2, -0.15) is 0 Å². The Kier molecular flexibility index (Phi) is 6.32. The Morgan fingerprint density at radius 1 is 1.47 bits per heavy atom. The van der Waals surface area contributed by atoms with Crippen LogP contribution in [-0.2, 0) is 0 Å². The summed E-state index contributed by atoms with van der Waals surface area (Å²) in [6.07, 6.45) is 0.133. The average Bonchev–Trinajstić information content (AvgIpc) is 2.27. The van der Waals surface area contributed by atoms with Gasteiger partial charge in [0.25, 0.3) is 0 Å². The van der Waals surface area contributed by atoms with E-state index in [-0.39, 0.29) is 18.4 Å². The third kappa shape index (κ3) is 3.70. The van der Waals surface area contributed by atoms with Crippen molar-refractivity contribution in [2.24, 2.45) is 5.73 Å². The van der Waals surface area contributed by atoms with Crippen molar-refractivity contribution < 1.29 is 9.84 Å². The Hall–Kier alpha value is -0.770. The molecule has 0 amide bonds. The summed E-state index contributed by atoms with van der Waals surface area (Å²) in [4.78, 5) is 0. The summed E-state index contributed by atoms with van der Waals surface area (Å²) in [6.45, 7) is 1.95. The van der Waals surface area contributed by atoms with E-state index in [4.69, 9.17) is 10.5 Å². The molecule has 86 valence electrons. The Balaban J connectivity index is 0.00000196. The Morgan fingerprint density at radius 3 is 2.67 bits per heavy atom. The quantitative estimate of drug-likeness (QED) is 0.832. The van der Waals surface area contributed by atoms with E-state index in [0.717, 1.165) is 17.7 Å². The lowest BCUT2D eigenvalue weighted by Crippen LogP contribution is -2.27. The van der Waals surface area contributed by atoms with Gasteiger partial charge in [0, 0.05) is 6.04 Å². The standard InChI is InChI=1S/C11H17NO2.ClH/c1-3-10(12)11(13)8-5-4-6-9(7-8)14-2;/h4-7,10-11,13H,3,12H2,1-2H3;1H/t10-,11+;/m0./s1. The normalized spacial score (nSPS) is 13.9. The molecule has 0 heterocycles. The fraction of sp³-hybridized carbons (Fsp3) is 0.455. The van der Waals surface area contributed by atoms with E-state index in [9.17, 15) is 5.11 Å². The summed E-state index contributed by atoms with van der Waals surface area (Å²) in [5.41, 5.74) is 6.55. The first-order valence-corrected chi connectivity index (χ1v) is 4.76. The van der Waals surface area contributed by atoms with E-state index < -0.39 is 6.10 Å². The zero-order valence-corrected chi connectivity index (χ0v) is 9.83. The number of aliphatic hydroxyl groups excluding tert-OH is 1. The van der Waals surface area contributed by atoms with Crippen LogP contribution in [0.15, 0.2) is 24.3 Å². The van der Waals surface area contributed by atoms with E-state index in [2.05, 4.69) is 0 Å². The first-order valence-electron chi connectivity index (χ1n) is 4.76. The third-order valence-electron chi connectivity index (χ3n) is 2.31. The van der Waals surface area contributed by atoms with E-state index in [1.54, 1.807) is 13.2 Å². The third-order valence-corrected chi connectivity index (χ3v) is 2.31. The molecule has 0 aliphatic heterocycles. The molecule has 0 saturated heterocycles. The minimum absolute atomic E-state index is 0. The lowest BCUT2D eigenvalue weighted by Gasteiger charge is -2.17. The second kappa shape index (κ2) is 6.67. The molecule has 0 fully saturated rings. The van der Waals surface area contributed by atoms with Crippen LogP contribution in [0.1, 0.15) is 25.0 Å². The largest absolute Gasteiger partial charge is 0.497 e. The topological polar surface area (TPSA) is 55.5 Å². The molecule has 0 bridgehead atoms. The monoisotopic (exact) mass is 231 g/mol. The van der Waals surface area contributed by atoms with Crippen LogP contribution in [0.3, 0.4) is 0 Å². The smallest absolute Gasteiger partial charge is 0.119 e. The lowest BCUT2D eigenvalue weighted by atomic mass is 10.0. The highest BCUT2D eigenvalue weighted by molar-refractivity contribution is 5.85. The predicted molar refractivity (Wildman–Crippen MR) is 63.5 cm³/mol. The molecule has 0 aromatic heterocycles. The minimum Gasteiger partial charge on any atom is -0.497 e. The van der Waals surface area contributed by atoms with Crippen LogP contribution < -0.4 is 10.5 Å². The second-order valence-electron chi connectivity index (χ2n) is 3.29. The molecule has 4 heteroatoms. The lowest BCUT2D eigenvalue weighted by molar-refractivity contribution is 0.144. The molecule has 1 rings (SSSR count). The number of aliphatic hydroxyl groups is 1. The predicted octanol–water partition coefficient (Wildman–Crippen LogP) is 1.89. The second-order valence-corrected chi connectivity index (χ2v) is 3.29. The van der Waals surface area contributed by atoms with Gasteiger partial charge < -0.3 is 15.6 Å². The van der Waals surface area contributed by atoms with Gasteiger partial charge in [-0.25, -0.2) is 0 Å². The van der Waals surface area contributed by atoms with Crippen molar-refractivity contribution in [3.05, 3.63) is 29.8 Å². The van der Waals surface area contributed by atoms with Gasteiger partial charge in [-0.1, -0.05) is 19.1 Å². The van der Waals surface area contributed by atoms with E-state index >= 15 is 0 Å². The van der Waals surface area contributed by atoms with Crippen LogP contribution in [-0.4, -0.2) is 18.3 Å². The maximum absolute atomic E-state index is 9.83. The molecule has 3 nitrogen and oxygen atoms in total. The Labute approximate surface area is 96.7 Å². The molecule has 0 spiro atoms. The molecular formula is C11H18ClNO2. The van der Waals surface area contributed by atoms with Crippen LogP contribution in [0.25, 0.3) is 0 Å². The highest BCUT2D eigenvalue weighted by Gasteiger charge is 2.15. The van der Waals surface area contributed by atoms with Gasteiger partial charge in [0.1, 0.15) is 5.75 Å². The number of nitrogens with two attached hydrogens (primary N) is 1. The molecule has 0 aliphatic rings.